The molecule has 2 unspecified atom stereocenters. The zero-order chi connectivity index (χ0) is 31.1. The van der Waals surface area contributed by atoms with Crippen molar-refractivity contribution in [3.8, 4) is 11.1 Å². The monoisotopic (exact) mass is 595 g/mol. The number of allylic oxidation sites excluding steroid dienone is 1. The molecule has 1 saturated heterocycles. The van der Waals surface area contributed by atoms with Gasteiger partial charge in [0.05, 0.1) is 18.0 Å². The van der Waals surface area contributed by atoms with Gasteiger partial charge in [-0.15, -0.1) is 0 Å². The Balaban J connectivity index is 1.49. The summed E-state index contributed by atoms with van der Waals surface area (Å²) in [5, 5.41) is 2.95. The van der Waals surface area contributed by atoms with E-state index in [9.17, 15) is 22.8 Å². The SMILES string of the molecule is CC1=CC(C)=NC(=O)C1CNC(=O)c1cc2c(-c3ccc(N)nc3)ccn2c(C(C)N2CCN(CC(F)(F)F)CC2)c1C. The minimum Gasteiger partial charge on any atom is -0.384 e. The molecule has 2 aliphatic rings. The molecule has 0 aliphatic carbocycles. The molecular formula is C31H36F3N7O2. The summed E-state index contributed by atoms with van der Waals surface area (Å²) in [6.45, 7) is 8.22. The number of nitrogens with one attached hydrogen (secondary N) is 1. The molecule has 0 saturated carbocycles. The highest BCUT2D eigenvalue weighted by Crippen LogP contribution is 2.34. The van der Waals surface area contributed by atoms with E-state index in [-0.39, 0.29) is 24.4 Å². The summed E-state index contributed by atoms with van der Waals surface area (Å²) in [6, 6.07) is 7.17. The van der Waals surface area contributed by atoms with Crippen LogP contribution in [0.15, 0.2) is 53.3 Å². The standard InChI is InChI=1S/C31H36F3N7O2/c1-18-13-19(2)38-30(43)25(18)16-37-29(42)24-14-26-23(22-5-6-27(35)36-15-22)7-8-41(26)28(20(24)3)21(4)40-11-9-39(10-12-40)17-31(32,33)34/h5-8,13-15,21,25H,9-12,16-17H2,1-4H3,(H2,35,36)(H,37,42). The molecule has 3 aromatic rings. The van der Waals surface area contributed by atoms with E-state index in [1.807, 2.05) is 55.6 Å². The van der Waals surface area contributed by atoms with E-state index in [4.69, 9.17) is 5.73 Å². The fourth-order valence-electron chi connectivity index (χ4n) is 6.11. The molecule has 0 bridgehead atoms. The number of nitrogen functional groups attached to an aromatic ring is 1. The third-order valence-corrected chi connectivity index (χ3v) is 8.39. The summed E-state index contributed by atoms with van der Waals surface area (Å²) in [4.78, 5) is 38.1. The summed E-state index contributed by atoms with van der Waals surface area (Å²) < 4.78 is 41.0. The van der Waals surface area contributed by atoms with Crippen LogP contribution in [-0.4, -0.2) is 82.2 Å². The minimum atomic E-state index is -4.24. The topological polar surface area (TPSA) is 108 Å². The van der Waals surface area contributed by atoms with Gasteiger partial charge in [-0.25, -0.2) is 9.98 Å². The van der Waals surface area contributed by atoms with Crippen LogP contribution in [-0.2, 0) is 4.79 Å². The number of alkyl halides is 3. The minimum absolute atomic E-state index is 0.114. The van der Waals surface area contributed by atoms with Crippen LogP contribution in [0.4, 0.5) is 19.0 Å². The lowest BCUT2D eigenvalue weighted by Crippen LogP contribution is -2.50. The molecule has 5 heterocycles. The van der Waals surface area contributed by atoms with Gasteiger partial charge in [-0.3, -0.25) is 19.4 Å². The number of halogens is 3. The molecule has 3 N–H and O–H groups in total. The number of dihydropyridines is 1. The van der Waals surface area contributed by atoms with Crippen molar-refractivity contribution >= 4 is 28.9 Å². The van der Waals surface area contributed by atoms with Gasteiger partial charge in [0, 0.05) is 79.3 Å². The molecule has 0 spiro atoms. The predicted octanol–water partition coefficient (Wildman–Crippen LogP) is 4.43. The number of piperazine rings is 1. The maximum absolute atomic E-state index is 13.7. The average molecular weight is 596 g/mol. The van der Waals surface area contributed by atoms with Crippen LogP contribution in [0.25, 0.3) is 16.6 Å². The first-order chi connectivity index (χ1) is 20.3. The number of pyridine rings is 2. The summed E-state index contributed by atoms with van der Waals surface area (Å²) in [5.74, 6) is -0.748. The number of hydrogen-bond acceptors (Lipinski definition) is 6. The van der Waals surface area contributed by atoms with Crippen LogP contribution < -0.4 is 11.1 Å². The van der Waals surface area contributed by atoms with E-state index < -0.39 is 18.6 Å². The van der Waals surface area contributed by atoms with Crippen molar-refractivity contribution < 1.29 is 22.8 Å². The van der Waals surface area contributed by atoms with E-state index in [0.29, 0.717) is 43.3 Å². The Bertz CT molecular complexity index is 1600. The predicted molar refractivity (Wildman–Crippen MR) is 160 cm³/mol. The largest absolute Gasteiger partial charge is 0.401 e. The van der Waals surface area contributed by atoms with Crippen LogP contribution in [0.3, 0.4) is 0 Å². The van der Waals surface area contributed by atoms with Gasteiger partial charge in [-0.1, -0.05) is 5.57 Å². The second-order valence-electron chi connectivity index (χ2n) is 11.4. The fourth-order valence-corrected chi connectivity index (χ4v) is 6.11. The van der Waals surface area contributed by atoms with Gasteiger partial charge in [0.2, 0.25) is 0 Å². The molecule has 12 heteroatoms. The number of fused-ring (bicyclic) bond motifs is 1. The molecule has 0 radical (unpaired) electrons. The van der Waals surface area contributed by atoms with Gasteiger partial charge in [0.25, 0.3) is 11.8 Å². The van der Waals surface area contributed by atoms with Crippen molar-refractivity contribution in [1.82, 2.24) is 24.5 Å². The van der Waals surface area contributed by atoms with Gasteiger partial charge >= 0.3 is 6.18 Å². The number of carbonyl (C=O) groups excluding carboxylic acids is 2. The number of rotatable bonds is 7. The average Bonchev–Trinajstić information content (AvgIpc) is 3.35. The Morgan fingerprint density at radius 1 is 1.14 bits per heavy atom. The van der Waals surface area contributed by atoms with E-state index in [1.165, 1.54) is 4.90 Å². The van der Waals surface area contributed by atoms with E-state index in [0.717, 1.165) is 33.5 Å². The molecule has 3 aromatic heterocycles. The zero-order valence-electron chi connectivity index (χ0n) is 24.7. The summed E-state index contributed by atoms with van der Waals surface area (Å²) in [5.41, 5.74) is 11.8. The van der Waals surface area contributed by atoms with Gasteiger partial charge in [-0.05, 0) is 63.6 Å². The van der Waals surface area contributed by atoms with Crippen LogP contribution in [0.2, 0.25) is 0 Å². The zero-order valence-corrected chi connectivity index (χ0v) is 24.7. The lowest BCUT2D eigenvalue weighted by Gasteiger charge is -2.39. The number of carbonyl (C=O) groups is 2. The maximum Gasteiger partial charge on any atom is 0.401 e. The lowest BCUT2D eigenvalue weighted by atomic mass is 9.95. The molecular weight excluding hydrogens is 559 g/mol. The van der Waals surface area contributed by atoms with Crippen LogP contribution in [0.1, 0.15) is 48.4 Å². The lowest BCUT2D eigenvalue weighted by molar-refractivity contribution is -0.149. The highest BCUT2D eigenvalue weighted by molar-refractivity contribution is 6.06. The van der Waals surface area contributed by atoms with E-state index >= 15 is 0 Å². The van der Waals surface area contributed by atoms with Crippen LogP contribution in [0.5, 0.6) is 0 Å². The third-order valence-electron chi connectivity index (χ3n) is 8.39. The molecule has 228 valence electrons. The number of nitrogens with two attached hydrogens (primary N) is 1. The molecule has 2 amide bonds. The van der Waals surface area contributed by atoms with Crippen molar-refractivity contribution in [2.45, 2.75) is 39.9 Å². The van der Waals surface area contributed by atoms with Crippen molar-refractivity contribution in [2.75, 3.05) is 45.0 Å². The third kappa shape index (κ3) is 6.50. The summed E-state index contributed by atoms with van der Waals surface area (Å²) in [7, 11) is 0. The number of hydrogen-bond donors (Lipinski definition) is 2. The Hall–Kier alpha value is -4.03. The van der Waals surface area contributed by atoms with Crippen LogP contribution in [0, 0.1) is 12.8 Å². The number of aromatic nitrogens is 2. The second kappa shape index (κ2) is 11.9. The first-order valence-electron chi connectivity index (χ1n) is 14.3. The maximum atomic E-state index is 13.7. The first-order valence-corrected chi connectivity index (χ1v) is 14.3. The molecule has 2 atom stereocenters. The van der Waals surface area contributed by atoms with E-state index in [1.54, 1.807) is 19.2 Å². The van der Waals surface area contributed by atoms with Crippen molar-refractivity contribution in [1.29, 1.82) is 0 Å². The highest BCUT2D eigenvalue weighted by Gasteiger charge is 2.34. The fraction of sp³-hybridized carbons (Fsp3) is 0.419. The van der Waals surface area contributed by atoms with Gasteiger partial charge in [0.15, 0.2) is 0 Å². The Morgan fingerprint density at radius 2 is 1.86 bits per heavy atom. The van der Waals surface area contributed by atoms with Gasteiger partial charge < -0.3 is 15.5 Å². The Morgan fingerprint density at radius 3 is 2.49 bits per heavy atom. The molecule has 5 rings (SSSR count). The van der Waals surface area contributed by atoms with Crippen LogP contribution >= 0.6 is 0 Å². The first kappa shape index (κ1) is 30.4. The number of aliphatic imine (C=N–C) groups is 1. The molecule has 2 aliphatic heterocycles. The Labute approximate surface area is 248 Å². The number of nitrogens with zero attached hydrogens (tertiary/aromatic N) is 5. The number of anilines is 1. The molecule has 9 nitrogen and oxygen atoms in total. The second-order valence-corrected chi connectivity index (χ2v) is 11.4. The van der Waals surface area contributed by atoms with E-state index in [2.05, 4.69) is 20.2 Å². The smallest absolute Gasteiger partial charge is 0.384 e. The number of amides is 2. The van der Waals surface area contributed by atoms with Gasteiger partial charge in [-0.2, -0.15) is 13.2 Å². The van der Waals surface area contributed by atoms with Gasteiger partial charge in [0.1, 0.15) is 5.82 Å². The Kier molecular flexibility index (Phi) is 8.44. The summed E-state index contributed by atoms with van der Waals surface area (Å²) in [6.07, 6.45) is 1.23. The molecule has 43 heavy (non-hydrogen) atoms. The molecule has 1 fully saturated rings. The molecule has 0 aromatic carbocycles. The van der Waals surface area contributed by atoms with Crippen molar-refractivity contribution in [3.05, 3.63) is 65.1 Å². The van der Waals surface area contributed by atoms with Crippen molar-refractivity contribution in [2.24, 2.45) is 10.9 Å². The quantitative estimate of drug-likeness (QED) is 0.419. The highest BCUT2D eigenvalue weighted by atomic mass is 19.4. The normalized spacial score (nSPS) is 19.3. The van der Waals surface area contributed by atoms with Crippen molar-refractivity contribution in [3.63, 3.8) is 0 Å². The summed E-state index contributed by atoms with van der Waals surface area (Å²) >= 11 is 0.